The van der Waals surface area contributed by atoms with Gasteiger partial charge in [-0.3, -0.25) is 0 Å². The molecule has 0 radical (unpaired) electrons. The van der Waals surface area contributed by atoms with E-state index in [0.29, 0.717) is 35.8 Å². The van der Waals surface area contributed by atoms with Crippen molar-refractivity contribution in [3.05, 3.63) is 42.5 Å². The topological polar surface area (TPSA) is 44.5 Å². The van der Waals surface area contributed by atoms with Crippen molar-refractivity contribution in [2.24, 2.45) is 17.3 Å². The molecular formula is C26H34ClNO3. The summed E-state index contributed by atoms with van der Waals surface area (Å²) in [5, 5.41) is 0. The van der Waals surface area contributed by atoms with Crippen LogP contribution in [0.3, 0.4) is 0 Å². The van der Waals surface area contributed by atoms with Crippen LogP contribution in [0.2, 0.25) is 0 Å². The molecule has 1 aromatic heterocycles. The fourth-order valence-corrected chi connectivity index (χ4v) is 3.57. The zero-order valence-electron chi connectivity index (χ0n) is 19.3. The number of nitrogens with zero attached hydrogens (tertiary/aromatic N) is 1. The maximum atomic E-state index is 5.99. The average molecular weight is 444 g/mol. The summed E-state index contributed by atoms with van der Waals surface area (Å²) in [5.41, 5.74) is 2.51. The maximum absolute atomic E-state index is 5.99. The number of halogens is 1. The number of benzene rings is 2. The number of oxazole rings is 1. The molecule has 0 aliphatic carbocycles. The molecule has 3 rings (SSSR count). The molecule has 0 amide bonds. The number of ether oxygens (including phenoxy) is 2. The lowest BCUT2D eigenvalue weighted by Gasteiger charge is -2.20. The van der Waals surface area contributed by atoms with E-state index in [1.54, 1.807) is 0 Å². The van der Waals surface area contributed by atoms with Crippen molar-refractivity contribution in [3.63, 3.8) is 0 Å². The van der Waals surface area contributed by atoms with Crippen LogP contribution in [0.25, 0.3) is 22.6 Å². The molecule has 0 spiro atoms. The highest BCUT2D eigenvalue weighted by Gasteiger charge is 2.16. The molecule has 0 aliphatic heterocycles. The van der Waals surface area contributed by atoms with Gasteiger partial charge in [0.15, 0.2) is 5.58 Å². The molecule has 3 aromatic rings. The summed E-state index contributed by atoms with van der Waals surface area (Å²) in [7, 11) is 0. The van der Waals surface area contributed by atoms with Crippen LogP contribution < -0.4 is 9.47 Å². The number of rotatable bonds is 11. The molecule has 0 aliphatic rings. The summed E-state index contributed by atoms with van der Waals surface area (Å²) in [5.74, 6) is 4.07. The maximum Gasteiger partial charge on any atom is 0.227 e. The lowest BCUT2D eigenvalue weighted by atomic mass is 9.93. The van der Waals surface area contributed by atoms with Gasteiger partial charge < -0.3 is 13.9 Å². The number of alkyl halides is 1. The lowest BCUT2D eigenvalue weighted by Crippen LogP contribution is -2.17. The Morgan fingerprint density at radius 2 is 1.71 bits per heavy atom. The van der Waals surface area contributed by atoms with E-state index in [0.717, 1.165) is 42.0 Å². The molecular weight excluding hydrogens is 410 g/mol. The van der Waals surface area contributed by atoms with E-state index < -0.39 is 0 Å². The van der Waals surface area contributed by atoms with Gasteiger partial charge in [0.1, 0.15) is 17.0 Å². The van der Waals surface area contributed by atoms with Crippen LogP contribution in [-0.4, -0.2) is 24.1 Å². The van der Waals surface area contributed by atoms with Crippen LogP contribution in [0.1, 0.15) is 47.5 Å². The minimum atomic E-state index is 0.0629. The number of hydrogen-bond acceptors (Lipinski definition) is 4. The van der Waals surface area contributed by atoms with Gasteiger partial charge in [0, 0.05) is 17.5 Å². The van der Waals surface area contributed by atoms with Crippen molar-refractivity contribution >= 4 is 22.7 Å². The molecule has 4 nitrogen and oxygen atoms in total. The standard InChI is InChI=1S/C26H34ClNO3/c1-18(2)14-19(3)16-30-21-8-6-20(7-9-21)25-28-23-11-10-22(15-24(23)31-25)29-13-12-26(4,5)17-27/h6-11,15,18-19H,12-14,16-17H2,1-5H3. The van der Waals surface area contributed by atoms with E-state index in [1.165, 1.54) is 0 Å². The second kappa shape index (κ2) is 10.4. The molecule has 0 N–H and O–H groups in total. The van der Waals surface area contributed by atoms with Gasteiger partial charge in [0.2, 0.25) is 5.89 Å². The first-order chi connectivity index (χ1) is 14.8. The third-order valence-corrected chi connectivity index (χ3v) is 6.00. The van der Waals surface area contributed by atoms with E-state index in [-0.39, 0.29) is 5.41 Å². The molecule has 2 aromatic carbocycles. The zero-order chi connectivity index (χ0) is 22.4. The number of fused-ring (bicyclic) bond motifs is 1. The number of aromatic nitrogens is 1. The molecule has 168 valence electrons. The van der Waals surface area contributed by atoms with E-state index in [9.17, 15) is 0 Å². The molecule has 5 heteroatoms. The van der Waals surface area contributed by atoms with Gasteiger partial charge in [-0.15, -0.1) is 11.6 Å². The fourth-order valence-electron chi connectivity index (χ4n) is 3.44. The summed E-state index contributed by atoms with van der Waals surface area (Å²) < 4.78 is 17.8. The molecule has 1 atom stereocenters. The Kier molecular flexibility index (Phi) is 7.88. The summed E-state index contributed by atoms with van der Waals surface area (Å²) in [4.78, 5) is 4.61. The Balaban J connectivity index is 1.62. The Morgan fingerprint density at radius 1 is 1.00 bits per heavy atom. The average Bonchev–Trinajstić information content (AvgIpc) is 3.15. The second-order valence-electron chi connectivity index (χ2n) is 9.61. The van der Waals surface area contributed by atoms with E-state index in [4.69, 9.17) is 25.5 Å². The van der Waals surface area contributed by atoms with E-state index >= 15 is 0 Å². The normalized spacial score (nSPS) is 13.0. The second-order valence-corrected chi connectivity index (χ2v) is 9.88. The Bertz CT molecular complexity index is 962. The van der Waals surface area contributed by atoms with Crippen LogP contribution >= 0.6 is 11.6 Å². The molecule has 1 heterocycles. The minimum Gasteiger partial charge on any atom is -0.493 e. The van der Waals surface area contributed by atoms with Gasteiger partial charge in [-0.2, -0.15) is 0 Å². The first-order valence-electron chi connectivity index (χ1n) is 11.1. The van der Waals surface area contributed by atoms with Gasteiger partial charge >= 0.3 is 0 Å². The highest BCUT2D eigenvalue weighted by molar-refractivity contribution is 6.18. The van der Waals surface area contributed by atoms with E-state index in [1.807, 2.05) is 42.5 Å². The summed E-state index contributed by atoms with van der Waals surface area (Å²) in [6, 6.07) is 13.7. The minimum absolute atomic E-state index is 0.0629. The van der Waals surface area contributed by atoms with Crippen LogP contribution in [0.5, 0.6) is 11.5 Å². The van der Waals surface area contributed by atoms with Crippen LogP contribution in [0, 0.1) is 17.3 Å². The van der Waals surface area contributed by atoms with Gasteiger partial charge in [0.05, 0.1) is 13.2 Å². The third kappa shape index (κ3) is 6.90. The van der Waals surface area contributed by atoms with Crippen molar-refractivity contribution in [2.45, 2.75) is 47.5 Å². The quantitative estimate of drug-likeness (QED) is 0.286. The Labute approximate surface area is 190 Å². The highest BCUT2D eigenvalue weighted by atomic mass is 35.5. The van der Waals surface area contributed by atoms with Crippen LogP contribution in [0.4, 0.5) is 0 Å². The van der Waals surface area contributed by atoms with Gasteiger partial charge in [-0.25, -0.2) is 4.98 Å². The molecule has 0 fully saturated rings. The van der Waals surface area contributed by atoms with Crippen molar-refractivity contribution in [1.29, 1.82) is 0 Å². The monoisotopic (exact) mass is 443 g/mol. The van der Waals surface area contributed by atoms with Crippen LogP contribution in [0.15, 0.2) is 46.9 Å². The van der Waals surface area contributed by atoms with Gasteiger partial charge in [-0.05, 0) is 66.5 Å². The number of hydrogen-bond donors (Lipinski definition) is 0. The molecule has 31 heavy (non-hydrogen) atoms. The molecule has 0 saturated heterocycles. The fraction of sp³-hybridized carbons (Fsp3) is 0.500. The Morgan fingerprint density at radius 3 is 2.39 bits per heavy atom. The van der Waals surface area contributed by atoms with Crippen molar-refractivity contribution < 1.29 is 13.9 Å². The smallest absolute Gasteiger partial charge is 0.227 e. The molecule has 0 saturated carbocycles. The zero-order valence-corrected chi connectivity index (χ0v) is 20.0. The lowest BCUT2D eigenvalue weighted by molar-refractivity contribution is 0.239. The SMILES string of the molecule is CC(C)CC(C)COc1ccc(-c2nc3ccc(OCCC(C)(C)CCl)cc3o2)cc1. The van der Waals surface area contributed by atoms with Crippen molar-refractivity contribution in [3.8, 4) is 23.0 Å². The predicted molar refractivity (Wildman–Crippen MR) is 128 cm³/mol. The summed E-state index contributed by atoms with van der Waals surface area (Å²) >= 11 is 5.99. The summed E-state index contributed by atoms with van der Waals surface area (Å²) in [6.07, 6.45) is 2.05. The van der Waals surface area contributed by atoms with Gasteiger partial charge in [0.25, 0.3) is 0 Å². The van der Waals surface area contributed by atoms with Crippen LogP contribution in [-0.2, 0) is 0 Å². The van der Waals surface area contributed by atoms with Crippen molar-refractivity contribution in [2.75, 3.05) is 19.1 Å². The third-order valence-electron chi connectivity index (χ3n) is 5.28. The Hall–Kier alpha value is -2.20. The van der Waals surface area contributed by atoms with Crippen molar-refractivity contribution in [1.82, 2.24) is 4.98 Å². The van der Waals surface area contributed by atoms with Gasteiger partial charge in [-0.1, -0.05) is 34.6 Å². The molecule has 0 bridgehead atoms. The first-order valence-corrected chi connectivity index (χ1v) is 11.6. The largest absolute Gasteiger partial charge is 0.493 e. The summed E-state index contributed by atoms with van der Waals surface area (Å²) in [6.45, 7) is 12.3. The van der Waals surface area contributed by atoms with E-state index in [2.05, 4.69) is 39.6 Å². The first kappa shape index (κ1) is 23.5. The highest BCUT2D eigenvalue weighted by Crippen LogP contribution is 2.29. The molecule has 1 unspecified atom stereocenters. The predicted octanol–water partition coefficient (Wildman–Crippen LogP) is 7.59.